The van der Waals surface area contributed by atoms with Gasteiger partial charge in [0.15, 0.2) is 0 Å². The van der Waals surface area contributed by atoms with Crippen LogP contribution in [0.15, 0.2) is 72.0 Å². The van der Waals surface area contributed by atoms with Gasteiger partial charge in [-0.05, 0) is 11.6 Å². The third-order valence-corrected chi connectivity index (χ3v) is 4.78. The van der Waals surface area contributed by atoms with Gasteiger partial charge in [-0.15, -0.1) is 0 Å². The quantitative estimate of drug-likeness (QED) is 0.874. The minimum absolute atomic E-state index is 0.0491. The van der Waals surface area contributed by atoms with Gasteiger partial charge in [-0.1, -0.05) is 48.5 Å². The Morgan fingerprint density at radius 2 is 1.67 bits per heavy atom. The first kappa shape index (κ1) is 13.6. The van der Waals surface area contributed by atoms with E-state index in [9.17, 15) is 8.42 Å². The second-order valence-corrected chi connectivity index (χ2v) is 6.52. The molecule has 0 unspecified atom stereocenters. The highest BCUT2D eigenvalue weighted by atomic mass is 32.2. The van der Waals surface area contributed by atoms with E-state index in [2.05, 4.69) is 4.99 Å². The SMILES string of the molecule is O=S(=O)(Cc1ccccc1)N1C=CN=Cc2ccccc21. The van der Waals surface area contributed by atoms with Crippen LogP contribution >= 0.6 is 0 Å². The molecule has 0 fully saturated rings. The molecule has 21 heavy (non-hydrogen) atoms. The number of benzene rings is 2. The standard InChI is InChI=1S/C16H14N2O2S/c19-21(20,13-14-6-2-1-3-7-14)18-11-10-17-12-15-8-4-5-9-16(15)18/h1-12H,13H2. The number of aliphatic imine (C=N–C) groups is 1. The highest BCUT2D eigenvalue weighted by molar-refractivity contribution is 7.92. The van der Waals surface area contributed by atoms with Crippen LogP contribution in [0.3, 0.4) is 0 Å². The van der Waals surface area contributed by atoms with Gasteiger partial charge in [0.2, 0.25) is 10.0 Å². The largest absolute Gasteiger partial charge is 0.262 e. The molecule has 0 bridgehead atoms. The molecule has 0 radical (unpaired) electrons. The summed E-state index contributed by atoms with van der Waals surface area (Å²) < 4.78 is 26.7. The Kier molecular flexibility index (Phi) is 3.58. The molecule has 2 aromatic rings. The Morgan fingerprint density at radius 1 is 0.952 bits per heavy atom. The highest BCUT2D eigenvalue weighted by Crippen LogP contribution is 2.26. The fourth-order valence-electron chi connectivity index (χ4n) is 2.20. The van der Waals surface area contributed by atoms with Crippen LogP contribution in [0.2, 0.25) is 0 Å². The molecule has 0 amide bonds. The number of hydrogen-bond donors (Lipinski definition) is 0. The van der Waals surface area contributed by atoms with Crippen LogP contribution in [0.4, 0.5) is 5.69 Å². The van der Waals surface area contributed by atoms with E-state index in [4.69, 9.17) is 0 Å². The summed E-state index contributed by atoms with van der Waals surface area (Å²) in [4.78, 5) is 4.07. The predicted octanol–water partition coefficient (Wildman–Crippen LogP) is 2.93. The van der Waals surface area contributed by atoms with Crippen LogP contribution in [0.1, 0.15) is 11.1 Å². The average molecular weight is 298 g/mol. The summed E-state index contributed by atoms with van der Waals surface area (Å²) in [6.45, 7) is 0. The van der Waals surface area contributed by atoms with Gasteiger partial charge in [0, 0.05) is 24.2 Å². The summed E-state index contributed by atoms with van der Waals surface area (Å²) in [7, 11) is -3.51. The molecule has 5 heteroatoms. The van der Waals surface area contributed by atoms with Gasteiger partial charge >= 0.3 is 0 Å². The van der Waals surface area contributed by atoms with E-state index in [1.165, 1.54) is 16.7 Å². The Morgan fingerprint density at radius 3 is 2.48 bits per heavy atom. The molecule has 1 aliphatic heterocycles. The van der Waals surface area contributed by atoms with Crippen molar-refractivity contribution >= 4 is 21.9 Å². The monoisotopic (exact) mass is 298 g/mol. The van der Waals surface area contributed by atoms with E-state index < -0.39 is 10.0 Å². The smallest absolute Gasteiger partial charge is 0.243 e. The van der Waals surface area contributed by atoms with Crippen molar-refractivity contribution in [2.24, 2.45) is 4.99 Å². The van der Waals surface area contributed by atoms with Crippen LogP contribution in [0.25, 0.3) is 0 Å². The van der Waals surface area contributed by atoms with E-state index in [1.54, 1.807) is 12.3 Å². The van der Waals surface area contributed by atoms with Gasteiger partial charge in [-0.25, -0.2) is 12.7 Å². The lowest BCUT2D eigenvalue weighted by Gasteiger charge is -2.21. The molecule has 0 aliphatic carbocycles. The molecule has 106 valence electrons. The molecule has 1 aliphatic rings. The zero-order valence-corrected chi connectivity index (χ0v) is 12.1. The van der Waals surface area contributed by atoms with Crippen LogP contribution in [-0.4, -0.2) is 14.6 Å². The van der Waals surface area contributed by atoms with Crippen molar-refractivity contribution in [1.29, 1.82) is 0 Å². The first-order valence-corrected chi connectivity index (χ1v) is 8.13. The summed E-state index contributed by atoms with van der Waals surface area (Å²) in [5.41, 5.74) is 2.15. The molecule has 0 spiro atoms. The van der Waals surface area contributed by atoms with Crippen molar-refractivity contribution in [3.05, 3.63) is 78.1 Å². The number of fused-ring (bicyclic) bond motifs is 1. The van der Waals surface area contributed by atoms with E-state index in [0.29, 0.717) is 5.69 Å². The second kappa shape index (κ2) is 5.54. The summed E-state index contributed by atoms with van der Waals surface area (Å²) in [5, 5.41) is 0. The van der Waals surface area contributed by atoms with E-state index >= 15 is 0 Å². The molecule has 2 aromatic carbocycles. The first-order chi connectivity index (χ1) is 10.2. The Labute approximate surface area is 124 Å². The molecular formula is C16H14N2O2S. The molecular weight excluding hydrogens is 284 g/mol. The molecule has 0 aromatic heterocycles. The maximum absolute atomic E-state index is 12.7. The number of hydrogen-bond acceptors (Lipinski definition) is 3. The van der Waals surface area contributed by atoms with Gasteiger partial charge in [-0.3, -0.25) is 4.99 Å². The second-order valence-electron chi connectivity index (χ2n) is 4.67. The fraction of sp³-hybridized carbons (Fsp3) is 0.0625. The molecule has 0 N–H and O–H groups in total. The summed E-state index contributed by atoms with van der Waals surface area (Å²) >= 11 is 0. The van der Waals surface area contributed by atoms with Crippen molar-refractivity contribution in [1.82, 2.24) is 0 Å². The van der Waals surface area contributed by atoms with Gasteiger partial charge in [0.05, 0.1) is 11.4 Å². The maximum Gasteiger partial charge on any atom is 0.243 e. The minimum Gasteiger partial charge on any atom is -0.262 e. The van der Waals surface area contributed by atoms with Crippen molar-refractivity contribution in [3.63, 3.8) is 0 Å². The average Bonchev–Trinajstić information content (AvgIpc) is 2.70. The molecule has 0 saturated heterocycles. The van der Waals surface area contributed by atoms with Crippen LogP contribution in [-0.2, 0) is 15.8 Å². The maximum atomic E-state index is 12.7. The summed E-state index contributed by atoms with van der Waals surface area (Å²) in [6, 6.07) is 16.4. The number of anilines is 1. The Hall–Kier alpha value is -2.40. The van der Waals surface area contributed by atoms with Crippen LogP contribution in [0.5, 0.6) is 0 Å². The van der Waals surface area contributed by atoms with Crippen molar-refractivity contribution in [2.75, 3.05) is 4.31 Å². The first-order valence-electron chi connectivity index (χ1n) is 6.52. The number of rotatable bonds is 3. The van der Waals surface area contributed by atoms with Gasteiger partial charge < -0.3 is 0 Å². The van der Waals surface area contributed by atoms with Crippen molar-refractivity contribution in [2.45, 2.75) is 5.75 Å². The molecule has 1 heterocycles. The highest BCUT2D eigenvalue weighted by Gasteiger charge is 2.23. The van der Waals surface area contributed by atoms with E-state index in [0.717, 1.165) is 11.1 Å². The zero-order valence-electron chi connectivity index (χ0n) is 11.3. The predicted molar refractivity (Wildman–Crippen MR) is 84.7 cm³/mol. The molecule has 0 atom stereocenters. The van der Waals surface area contributed by atoms with E-state index in [1.807, 2.05) is 48.5 Å². The lowest BCUT2D eigenvalue weighted by molar-refractivity contribution is 0.595. The normalized spacial score (nSPS) is 13.8. The lowest BCUT2D eigenvalue weighted by Crippen LogP contribution is -2.27. The van der Waals surface area contributed by atoms with Gasteiger partial charge in [-0.2, -0.15) is 0 Å². The Balaban J connectivity index is 2.00. The summed E-state index contributed by atoms with van der Waals surface area (Å²) in [6.07, 6.45) is 4.63. The van der Waals surface area contributed by atoms with E-state index in [-0.39, 0.29) is 5.75 Å². The number of nitrogens with zero attached hydrogens (tertiary/aromatic N) is 2. The number of para-hydroxylation sites is 1. The molecule has 3 rings (SSSR count). The lowest BCUT2D eigenvalue weighted by atomic mass is 10.2. The van der Waals surface area contributed by atoms with Crippen LogP contribution < -0.4 is 4.31 Å². The third-order valence-electron chi connectivity index (χ3n) is 3.17. The minimum atomic E-state index is -3.51. The van der Waals surface area contributed by atoms with Gasteiger partial charge in [0.1, 0.15) is 0 Å². The van der Waals surface area contributed by atoms with Crippen molar-refractivity contribution < 1.29 is 8.42 Å². The van der Waals surface area contributed by atoms with Crippen LogP contribution in [0, 0.1) is 0 Å². The van der Waals surface area contributed by atoms with Gasteiger partial charge in [0.25, 0.3) is 0 Å². The van der Waals surface area contributed by atoms with Crippen molar-refractivity contribution in [3.8, 4) is 0 Å². The molecule has 4 nitrogen and oxygen atoms in total. The number of sulfonamides is 1. The Bertz CT molecular complexity index is 796. The topological polar surface area (TPSA) is 49.7 Å². The summed E-state index contributed by atoms with van der Waals surface area (Å²) in [5.74, 6) is -0.0491. The molecule has 0 saturated carbocycles. The fourth-order valence-corrected chi connectivity index (χ4v) is 3.66. The third kappa shape index (κ3) is 2.87. The zero-order chi connectivity index (χ0) is 14.7.